The van der Waals surface area contributed by atoms with Gasteiger partial charge in [-0.2, -0.15) is 0 Å². The van der Waals surface area contributed by atoms with Crippen molar-refractivity contribution in [3.8, 4) is 0 Å². The molecule has 0 aromatic rings. The van der Waals surface area contributed by atoms with E-state index in [1.54, 1.807) is 6.08 Å². The number of hydrogen-bond donors (Lipinski definition) is 0. The zero-order chi connectivity index (χ0) is 9.02. The topological polar surface area (TPSA) is 3.24 Å². The second-order valence-electron chi connectivity index (χ2n) is 2.48. The monoisotopic (exact) mass is 149 g/mol. The molecule has 0 aliphatic heterocycles. The molecule has 0 saturated carbocycles. The highest BCUT2D eigenvalue weighted by atomic mass is 15.1. The molecule has 0 unspecified atom stereocenters. The molecule has 0 rings (SSSR count). The number of hydrogen-bond acceptors (Lipinski definition) is 1. The van der Waals surface area contributed by atoms with Gasteiger partial charge in [0.05, 0.1) is 0 Å². The highest BCUT2D eigenvalue weighted by Gasteiger charge is 2.02. The van der Waals surface area contributed by atoms with E-state index in [4.69, 9.17) is 0 Å². The maximum Gasteiger partial charge on any atom is 0.0358 e. The highest BCUT2D eigenvalue weighted by Crippen LogP contribution is 2.13. The lowest BCUT2D eigenvalue weighted by molar-refractivity contribution is 0.551. The molecule has 0 aromatic carbocycles. The molecule has 60 valence electrons. The summed E-state index contributed by atoms with van der Waals surface area (Å²) in [6.45, 7) is 16.9. The van der Waals surface area contributed by atoms with Crippen LogP contribution in [0.25, 0.3) is 0 Å². The number of allylic oxidation sites excluding steroid dienone is 2. The standard InChI is InChI=1S/C10H15N/c1-7-9(4)11(6)10(5)8(2)3/h7H,1-2,4-5H2,3,6H3. The van der Waals surface area contributed by atoms with Crippen molar-refractivity contribution in [3.63, 3.8) is 0 Å². The first-order valence-corrected chi connectivity index (χ1v) is 3.40. The quantitative estimate of drug-likeness (QED) is 0.555. The van der Waals surface area contributed by atoms with Gasteiger partial charge in [-0.3, -0.25) is 0 Å². The Morgan fingerprint density at radius 2 is 1.73 bits per heavy atom. The van der Waals surface area contributed by atoms with Crippen LogP contribution in [-0.4, -0.2) is 11.9 Å². The molecular weight excluding hydrogens is 134 g/mol. The van der Waals surface area contributed by atoms with Crippen LogP contribution in [0.2, 0.25) is 0 Å². The van der Waals surface area contributed by atoms with E-state index in [1.165, 1.54) is 0 Å². The Kier molecular flexibility index (Phi) is 3.38. The summed E-state index contributed by atoms with van der Waals surface area (Å²) in [4.78, 5) is 1.86. The van der Waals surface area contributed by atoms with Crippen LogP contribution >= 0.6 is 0 Å². The first-order chi connectivity index (χ1) is 5.00. The SMILES string of the molecule is C=CC(=C)N(C)C(=C)C(=C)C. The molecule has 1 heteroatoms. The summed E-state index contributed by atoms with van der Waals surface area (Å²) in [6, 6.07) is 0. The minimum absolute atomic E-state index is 0.831. The maximum atomic E-state index is 3.84. The lowest BCUT2D eigenvalue weighted by atomic mass is 10.2. The fourth-order valence-corrected chi connectivity index (χ4v) is 0.597. The fourth-order valence-electron chi connectivity index (χ4n) is 0.597. The third-order valence-electron chi connectivity index (χ3n) is 1.56. The van der Waals surface area contributed by atoms with Crippen LogP contribution in [-0.2, 0) is 0 Å². The van der Waals surface area contributed by atoms with Gasteiger partial charge in [0.25, 0.3) is 0 Å². The van der Waals surface area contributed by atoms with Gasteiger partial charge in [-0.15, -0.1) is 0 Å². The molecule has 0 N–H and O–H groups in total. The molecule has 0 saturated heterocycles. The van der Waals surface area contributed by atoms with Crippen molar-refractivity contribution in [2.75, 3.05) is 7.05 Å². The average Bonchev–Trinajstić information content (AvgIpc) is 2.00. The Hall–Kier alpha value is -1.24. The lowest BCUT2D eigenvalue weighted by Gasteiger charge is -2.21. The van der Waals surface area contributed by atoms with Crippen LogP contribution in [0.3, 0.4) is 0 Å². The maximum absolute atomic E-state index is 3.84. The van der Waals surface area contributed by atoms with Gasteiger partial charge in [0.1, 0.15) is 0 Å². The number of rotatable bonds is 4. The van der Waals surface area contributed by atoms with Gasteiger partial charge in [-0.05, 0) is 18.6 Å². The molecule has 0 aromatic heterocycles. The molecule has 1 nitrogen and oxygen atoms in total. The van der Waals surface area contributed by atoms with Gasteiger partial charge in [-0.25, -0.2) is 0 Å². The van der Waals surface area contributed by atoms with E-state index >= 15 is 0 Å². The van der Waals surface area contributed by atoms with Gasteiger partial charge in [0.15, 0.2) is 0 Å². The molecular formula is C10H15N. The predicted molar refractivity (Wildman–Crippen MR) is 51.1 cm³/mol. The normalized spacial score (nSPS) is 8.55. The molecule has 0 spiro atoms. The Morgan fingerprint density at radius 3 is 2.00 bits per heavy atom. The van der Waals surface area contributed by atoms with Gasteiger partial charge in [-0.1, -0.05) is 26.3 Å². The van der Waals surface area contributed by atoms with E-state index in [9.17, 15) is 0 Å². The fraction of sp³-hybridized carbons (Fsp3) is 0.200. The predicted octanol–water partition coefficient (Wildman–Crippen LogP) is 2.71. The Labute approximate surface area is 69.0 Å². The molecule has 0 amide bonds. The largest absolute Gasteiger partial charge is 0.345 e. The van der Waals surface area contributed by atoms with Crippen molar-refractivity contribution in [2.24, 2.45) is 0 Å². The van der Waals surface area contributed by atoms with Crippen LogP contribution in [0, 0.1) is 0 Å². The van der Waals surface area contributed by atoms with Gasteiger partial charge in [0, 0.05) is 18.4 Å². The zero-order valence-electron chi connectivity index (χ0n) is 7.35. The van der Waals surface area contributed by atoms with E-state index in [-0.39, 0.29) is 0 Å². The van der Waals surface area contributed by atoms with Crippen molar-refractivity contribution in [2.45, 2.75) is 6.92 Å². The van der Waals surface area contributed by atoms with Crippen LogP contribution in [0.1, 0.15) is 6.92 Å². The summed E-state index contributed by atoms with van der Waals surface area (Å²) in [5.74, 6) is 0. The summed E-state index contributed by atoms with van der Waals surface area (Å²) in [5.41, 5.74) is 2.64. The second kappa shape index (κ2) is 3.81. The van der Waals surface area contributed by atoms with Gasteiger partial charge < -0.3 is 4.90 Å². The van der Waals surface area contributed by atoms with Crippen molar-refractivity contribution in [3.05, 3.63) is 49.4 Å². The molecule has 0 aliphatic carbocycles. The molecule has 0 bridgehead atoms. The summed E-state index contributed by atoms with van der Waals surface area (Å²) in [7, 11) is 1.89. The van der Waals surface area contributed by atoms with Crippen LogP contribution in [0.5, 0.6) is 0 Å². The van der Waals surface area contributed by atoms with Crippen LogP contribution < -0.4 is 0 Å². The second-order valence-corrected chi connectivity index (χ2v) is 2.48. The minimum Gasteiger partial charge on any atom is -0.345 e. The average molecular weight is 149 g/mol. The zero-order valence-corrected chi connectivity index (χ0v) is 7.35. The third-order valence-corrected chi connectivity index (χ3v) is 1.56. The molecule has 0 aliphatic rings. The summed E-state index contributed by atoms with van der Waals surface area (Å²) in [6.07, 6.45) is 1.69. The van der Waals surface area contributed by atoms with Crippen molar-refractivity contribution < 1.29 is 0 Å². The van der Waals surface area contributed by atoms with Crippen LogP contribution in [0.4, 0.5) is 0 Å². The lowest BCUT2D eigenvalue weighted by Crippen LogP contribution is -2.14. The molecule has 0 fully saturated rings. The molecule has 0 heterocycles. The summed E-state index contributed by atoms with van der Waals surface area (Å²) in [5, 5.41) is 0. The molecule has 0 atom stereocenters. The van der Waals surface area contributed by atoms with Crippen LogP contribution in [0.15, 0.2) is 49.4 Å². The Morgan fingerprint density at radius 1 is 1.27 bits per heavy atom. The van der Waals surface area contributed by atoms with Crippen molar-refractivity contribution in [1.29, 1.82) is 0 Å². The van der Waals surface area contributed by atoms with Gasteiger partial charge in [0.2, 0.25) is 0 Å². The number of likely N-dealkylation sites (N-methyl/N-ethyl adjacent to an activating group) is 1. The van der Waals surface area contributed by atoms with Gasteiger partial charge >= 0.3 is 0 Å². The third kappa shape index (κ3) is 2.46. The highest BCUT2D eigenvalue weighted by molar-refractivity contribution is 5.27. The van der Waals surface area contributed by atoms with Crippen molar-refractivity contribution in [1.82, 2.24) is 4.90 Å². The summed E-state index contributed by atoms with van der Waals surface area (Å²) >= 11 is 0. The van der Waals surface area contributed by atoms with E-state index in [2.05, 4.69) is 26.3 Å². The molecule has 0 radical (unpaired) electrons. The van der Waals surface area contributed by atoms with E-state index in [0.29, 0.717) is 0 Å². The Bertz CT molecular complexity index is 211. The van der Waals surface area contributed by atoms with E-state index in [1.807, 2.05) is 18.9 Å². The molecule has 11 heavy (non-hydrogen) atoms. The summed E-state index contributed by atoms with van der Waals surface area (Å²) < 4.78 is 0. The first kappa shape index (κ1) is 9.76. The van der Waals surface area contributed by atoms with E-state index in [0.717, 1.165) is 17.0 Å². The number of nitrogens with zero attached hydrogens (tertiary/aromatic N) is 1. The van der Waals surface area contributed by atoms with Crippen molar-refractivity contribution >= 4 is 0 Å². The minimum atomic E-state index is 0.831. The Balaban J connectivity index is 4.36. The van der Waals surface area contributed by atoms with E-state index < -0.39 is 0 Å². The smallest absolute Gasteiger partial charge is 0.0358 e. The first-order valence-electron chi connectivity index (χ1n) is 3.40.